The highest BCUT2D eigenvalue weighted by molar-refractivity contribution is 6.69. The lowest BCUT2D eigenvalue weighted by Crippen LogP contribution is -2.31. The van der Waals surface area contributed by atoms with Crippen molar-refractivity contribution in [3.05, 3.63) is 39.9 Å². The second-order valence-corrected chi connectivity index (χ2v) is 5.64. The smallest absolute Gasteiger partial charge is 0.270 e. The largest absolute Gasteiger partial charge is 0.395 e. The summed E-state index contributed by atoms with van der Waals surface area (Å²) < 4.78 is 0. The molecule has 1 fully saturated rings. The van der Waals surface area contributed by atoms with Gasteiger partial charge in [0.15, 0.2) is 5.17 Å². The molecule has 2 rings (SSSR count). The number of rotatable bonds is 7. The van der Waals surface area contributed by atoms with Crippen LogP contribution in [0.5, 0.6) is 0 Å². The summed E-state index contributed by atoms with van der Waals surface area (Å²) in [4.78, 5) is 17.9. The van der Waals surface area contributed by atoms with Gasteiger partial charge in [-0.15, -0.1) is 0 Å². The molecule has 0 radical (unpaired) electrons. The molecule has 1 aliphatic heterocycles. The van der Waals surface area contributed by atoms with Crippen molar-refractivity contribution in [3.8, 4) is 0 Å². The topological polar surface area (TPSA) is 68.0 Å². The summed E-state index contributed by atoms with van der Waals surface area (Å²) in [7, 11) is 0. The van der Waals surface area contributed by atoms with E-state index in [1.165, 1.54) is 31.4 Å². The third kappa shape index (κ3) is 5.27. The molecule has 7 heteroatoms. The van der Waals surface area contributed by atoms with E-state index in [1.54, 1.807) is 12.1 Å². The minimum Gasteiger partial charge on any atom is -0.395 e. The number of hydrogen-bond acceptors (Lipinski definition) is 5. The normalized spacial score (nSPS) is 16.5. The number of nitrogens with zero attached hydrogens (tertiary/aromatic N) is 3. The van der Waals surface area contributed by atoms with Gasteiger partial charge in [-0.25, -0.2) is 0 Å². The summed E-state index contributed by atoms with van der Waals surface area (Å²) in [5.74, 6) is 0. The van der Waals surface area contributed by atoms with Gasteiger partial charge in [0.25, 0.3) is 5.69 Å². The van der Waals surface area contributed by atoms with Crippen molar-refractivity contribution in [2.45, 2.75) is 25.7 Å². The first-order chi connectivity index (χ1) is 10.7. The summed E-state index contributed by atoms with van der Waals surface area (Å²) >= 11 is 6.00. The van der Waals surface area contributed by atoms with Gasteiger partial charge in [0.05, 0.1) is 4.92 Å². The predicted molar refractivity (Wildman–Crippen MR) is 86.3 cm³/mol. The Morgan fingerprint density at radius 2 is 2.14 bits per heavy atom. The maximum atomic E-state index is 10.7. The van der Waals surface area contributed by atoms with Crippen LogP contribution in [0.25, 0.3) is 0 Å². The number of likely N-dealkylation sites (tertiary alicyclic amines) is 1. The van der Waals surface area contributed by atoms with Gasteiger partial charge in [0.1, 0.15) is 6.61 Å². The van der Waals surface area contributed by atoms with Crippen LogP contribution in [-0.4, -0.2) is 41.2 Å². The van der Waals surface area contributed by atoms with Crippen LogP contribution >= 0.6 is 11.6 Å². The second kappa shape index (κ2) is 8.70. The lowest BCUT2D eigenvalue weighted by Gasteiger charge is -2.25. The Morgan fingerprint density at radius 1 is 1.36 bits per heavy atom. The van der Waals surface area contributed by atoms with Crippen LogP contribution in [0, 0.1) is 10.1 Å². The van der Waals surface area contributed by atoms with Crippen molar-refractivity contribution >= 4 is 22.5 Å². The fraction of sp³-hybridized carbons (Fsp3) is 0.533. The van der Waals surface area contributed by atoms with Gasteiger partial charge < -0.3 is 9.74 Å². The first-order valence-corrected chi connectivity index (χ1v) is 7.87. The van der Waals surface area contributed by atoms with Gasteiger partial charge in [-0.3, -0.25) is 10.1 Å². The average molecular weight is 326 g/mol. The number of hydrogen-bond donors (Lipinski definition) is 0. The molecule has 1 heterocycles. The first-order valence-electron chi connectivity index (χ1n) is 7.49. The molecule has 0 spiro atoms. The molecule has 0 bridgehead atoms. The lowest BCUT2D eigenvalue weighted by atomic mass is 10.1. The Morgan fingerprint density at radius 3 is 2.86 bits per heavy atom. The standard InChI is InChI=1S/C15H20ClN3O3/c16-15(13-6-4-7-14(12-13)19(20)21)17-22-11-5-10-18-8-2-1-3-9-18/h4,6-7,12H,1-3,5,8-11H2/b17-15+. The highest BCUT2D eigenvalue weighted by Gasteiger charge is 2.10. The van der Waals surface area contributed by atoms with Crippen LogP contribution in [0.2, 0.25) is 0 Å². The maximum absolute atomic E-state index is 10.7. The van der Waals surface area contributed by atoms with Gasteiger partial charge in [-0.2, -0.15) is 0 Å². The Balaban J connectivity index is 1.75. The molecule has 1 aromatic carbocycles. The van der Waals surface area contributed by atoms with Crippen molar-refractivity contribution < 1.29 is 9.76 Å². The number of oxime groups is 1. The highest BCUT2D eigenvalue weighted by atomic mass is 35.5. The molecule has 1 aromatic rings. The quantitative estimate of drug-likeness (QED) is 0.333. The van der Waals surface area contributed by atoms with Crippen molar-refractivity contribution in [1.29, 1.82) is 0 Å². The number of nitro groups is 1. The van der Waals surface area contributed by atoms with Gasteiger partial charge >= 0.3 is 0 Å². The SMILES string of the molecule is O=[N+]([O-])c1cccc(/C(Cl)=N\OCCCN2CCCCC2)c1. The average Bonchev–Trinajstić information content (AvgIpc) is 2.55. The number of nitro benzene ring substituents is 1. The van der Waals surface area contributed by atoms with E-state index in [9.17, 15) is 10.1 Å². The summed E-state index contributed by atoms with van der Waals surface area (Å²) in [6.45, 7) is 3.82. The zero-order chi connectivity index (χ0) is 15.8. The molecule has 0 aromatic heterocycles. The number of halogens is 1. The monoisotopic (exact) mass is 325 g/mol. The van der Waals surface area contributed by atoms with E-state index in [4.69, 9.17) is 16.4 Å². The maximum Gasteiger partial charge on any atom is 0.270 e. The van der Waals surface area contributed by atoms with E-state index < -0.39 is 4.92 Å². The lowest BCUT2D eigenvalue weighted by molar-refractivity contribution is -0.384. The van der Waals surface area contributed by atoms with Crippen LogP contribution in [-0.2, 0) is 4.84 Å². The summed E-state index contributed by atoms with van der Waals surface area (Å²) in [6, 6.07) is 6.02. The van der Waals surface area contributed by atoms with E-state index >= 15 is 0 Å². The number of benzene rings is 1. The molecule has 1 saturated heterocycles. The zero-order valence-corrected chi connectivity index (χ0v) is 13.2. The van der Waals surface area contributed by atoms with Gasteiger partial charge in [-0.1, -0.05) is 35.3 Å². The molecule has 120 valence electrons. The molecule has 0 aliphatic carbocycles. The van der Waals surface area contributed by atoms with Crippen molar-refractivity contribution in [2.24, 2.45) is 5.16 Å². The van der Waals surface area contributed by atoms with Gasteiger partial charge in [-0.05, 0) is 32.4 Å². The third-order valence-corrected chi connectivity index (χ3v) is 3.89. The van der Waals surface area contributed by atoms with Crippen molar-refractivity contribution in [3.63, 3.8) is 0 Å². The van der Waals surface area contributed by atoms with E-state index in [0.29, 0.717) is 12.2 Å². The Bertz CT molecular complexity index is 531. The van der Waals surface area contributed by atoms with Crippen LogP contribution in [0.1, 0.15) is 31.2 Å². The van der Waals surface area contributed by atoms with Crippen LogP contribution in [0.4, 0.5) is 5.69 Å². The molecular formula is C15H20ClN3O3. The molecule has 22 heavy (non-hydrogen) atoms. The second-order valence-electron chi connectivity index (χ2n) is 5.28. The molecule has 0 saturated carbocycles. The molecule has 1 aliphatic rings. The van der Waals surface area contributed by atoms with Gasteiger partial charge in [0, 0.05) is 24.2 Å². The molecule has 0 atom stereocenters. The Hall–Kier alpha value is -1.66. The predicted octanol–water partition coefficient (Wildman–Crippen LogP) is 3.39. The van der Waals surface area contributed by atoms with E-state index in [2.05, 4.69) is 10.1 Å². The molecule has 0 N–H and O–H groups in total. The molecule has 6 nitrogen and oxygen atoms in total. The molecule has 0 amide bonds. The fourth-order valence-corrected chi connectivity index (χ4v) is 2.60. The summed E-state index contributed by atoms with van der Waals surface area (Å²) in [5.41, 5.74) is 0.461. The molecule has 0 unspecified atom stereocenters. The summed E-state index contributed by atoms with van der Waals surface area (Å²) in [6.07, 6.45) is 4.77. The van der Waals surface area contributed by atoms with E-state index in [1.807, 2.05) is 0 Å². The third-order valence-electron chi connectivity index (χ3n) is 3.60. The molecular weight excluding hydrogens is 306 g/mol. The Kier molecular flexibility index (Phi) is 6.61. The van der Waals surface area contributed by atoms with Crippen molar-refractivity contribution in [1.82, 2.24) is 4.90 Å². The first kappa shape index (κ1) is 16.7. The van der Waals surface area contributed by atoms with E-state index in [-0.39, 0.29) is 10.9 Å². The van der Waals surface area contributed by atoms with E-state index in [0.717, 1.165) is 26.1 Å². The van der Waals surface area contributed by atoms with Gasteiger partial charge in [0.2, 0.25) is 0 Å². The van der Waals surface area contributed by atoms with Crippen LogP contribution in [0.3, 0.4) is 0 Å². The van der Waals surface area contributed by atoms with Crippen LogP contribution < -0.4 is 0 Å². The highest BCUT2D eigenvalue weighted by Crippen LogP contribution is 2.15. The number of non-ortho nitro benzene ring substituents is 1. The minimum absolute atomic E-state index is 0.0176. The summed E-state index contributed by atoms with van der Waals surface area (Å²) in [5, 5.41) is 14.7. The van der Waals surface area contributed by atoms with Crippen molar-refractivity contribution in [2.75, 3.05) is 26.2 Å². The van der Waals surface area contributed by atoms with Crippen LogP contribution in [0.15, 0.2) is 29.4 Å². The fourth-order valence-electron chi connectivity index (χ4n) is 2.44. The zero-order valence-electron chi connectivity index (χ0n) is 12.4. The number of piperidine rings is 1. The minimum atomic E-state index is -0.465. The Labute approximate surface area is 134 Å².